The highest BCUT2D eigenvalue weighted by molar-refractivity contribution is 5.79. The monoisotopic (exact) mass is 272 g/mol. The molecule has 0 saturated carbocycles. The number of halogens is 3. The van der Waals surface area contributed by atoms with E-state index in [1.165, 1.54) is 11.1 Å². The Balaban J connectivity index is 2.12. The summed E-state index contributed by atoms with van der Waals surface area (Å²) < 4.78 is 44.1. The minimum atomic E-state index is -4.37. The lowest BCUT2D eigenvalue weighted by Crippen LogP contribution is -2.49. The molecule has 1 heterocycles. The van der Waals surface area contributed by atoms with E-state index in [-0.39, 0.29) is 13.1 Å². The van der Waals surface area contributed by atoms with Crippen molar-refractivity contribution >= 4 is 6.21 Å². The van der Waals surface area contributed by atoms with Crippen LogP contribution in [0.15, 0.2) is 35.3 Å². The lowest BCUT2D eigenvalue weighted by Gasteiger charge is -2.32. The maximum absolute atomic E-state index is 13.0. The van der Waals surface area contributed by atoms with Gasteiger partial charge in [0.2, 0.25) is 0 Å². The van der Waals surface area contributed by atoms with Crippen LogP contribution in [0.2, 0.25) is 0 Å². The number of benzene rings is 1. The van der Waals surface area contributed by atoms with Crippen LogP contribution >= 0.6 is 0 Å². The zero-order valence-corrected chi connectivity index (χ0v) is 10.3. The van der Waals surface area contributed by atoms with Gasteiger partial charge in [-0.3, -0.25) is 9.89 Å². The lowest BCUT2D eigenvalue weighted by molar-refractivity contribution is -0.189. The molecule has 1 aromatic rings. The molecule has 0 unspecified atom stereocenters. The largest absolute Gasteiger partial charge is 0.424 e. The van der Waals surface area contributed by atoms with Gasteiger partial charge in [0.1, 0.15) is 0 Å². The first kappa shape index (κ1) is 14.0. The number of morpholine rings is 1. The Kier molecular flexibility index (Phi) is 4.55. The zero-order valence-electron chi connectivity index (χ0n) is 10.3. The molecule has 0 spiro atoms. The van der Waals surface area contributed by atoms with Gasteiger partial charge in [-0.15, -0.1) is 0 Å². The number of hydrogen-bond donors (Lipinski definition) is 0. The quantitative estimate of drug-likeness (QED) is 0.789. The summed E-state index contributed by atoms with van der Waals surface area (Å²) in [7, 11) is 0. The fraction of sp³-hybridized carbons (Fsp3) is 0.462. The second-order valence-corrected chi connectivity index (χ2v) is 4.25. The van der Waals surface area contributed by atoms with Crippen molar-refractivity contribution in [1.29, 1.82) is 0 Å². The molecule has 3 nitrogen and oxygen atoms in total. The third-order valence-electron chi connectivity index (χ3n) is 2.85. The number of nitrogens with zero attached hydrogens (tertiary/aromatic N) is 2. The van der Waals surface area contributed by atoms with Gasteiger partial charge >= 0.3 is 6.18 Å². The predicted octanol–water partition coefficient (Wildman–Crippen LogP) is 2.33. The Bertz CT molecular complexity index is 414. The highest BCUT2D eigenvalue weighted by atomic mass is 19.4. The molecule has 0 N–H and O–H groups in total. The summed E-state index contributed by atoms with van der Waals surface area (Å²) in [4.78, 5) is 5.00. The fourth-order valence-electron chi connectivity index (χ4n) is 1.90. The van der Waals surface area contributed by atoms with Gasteiger partial charge in [-0.25, -0.2) is 0 Å². The molecule has 0 amide bonds. The van der Waals surface area contributed by atoms with E-state index in [2.05, 4.69) is 4.99 Å². The minimum Gasteiger partial charge on any atom is -0.379 e. The second kappa shape index (κ2) is 6.16. The molecule has 1 fully saturated rings. The van der Waals surface area contributed by atoms with Gasteiger partial charge in [0.05, 0.1) is 13.2 Å². The van der Waals surface area contributed by atoms with Crippen LogP contribution in [0.25, 0.3) is 0 Å². The first-order chi connectivity index (χ1) is 9.07. The molecule has 1 aromatic carbocycles. The lowest BCUT2D eigenvalue weighted by atomic mass is 10.2. The molecule has 0 aliphatic carbocycles. The molecule has 1 aliphatic rings. The molecule has 1 atom stereocenters. The van der Waals surface area contributed by atoms with E-state index >= 15 is 0 Å². The average Bonchev–Trinajstić information content (AvgIpc) is 2.40. The predicted molar refractivity (Wildman–Crippen MR) is 66.3 cm³/mol. The van der Waals surface area contributed by atoms with Gasteiger partial charge in [0.15, 0.2) is 6.17 Å². The smallest absolute Gasteiger partial charge is 0.379 e. The molecule has 1 aliphatic heterocycles. The summed E-state index contributed by atoms with van der Waals surface area (Å²) in [5.41, 5.74) is 0.657. The number of hydrogen-bond acceptors (Lipinski definition) is 3. The van der Waals surface area contributed by atoms with Crippen LogP contribution in [0.1, 0.15) is 5.56 Å². The number of rotatable bonds is 3. The summed E-state index contributed by atoms with van der Waals surface area (Å²) in [5.74, 6) is 0. The summed E-state index contributed by atoms with van der Waals surface area (Å²) in [6, 6.07) is 8.77. The molecule has 6 heteroatoms. The Morgan fingerprint density at radius 1 is 1.16 bits per heavy atom. The van der Waals surface area contributed by atoms with Crippen molar-refractivity contribution in [2.24, 2.45) is 4.99 Å². The van der Waals surface area contributed by atoms with Gasteiger partial charge in [-0.1, -0.05) is 30.3 Å². The first-order valence-corrected chi connectivity index (χ1v) is 6.04. The van der Waals surface area contributed by atoms with Gasteiger partial charge in [-0.05, 0) is 5.56 Å². The Morgan fingerprint density at radius 3 is 2.37 bits per heavy atom. The van der Waals surface area contributed by atoms with Crippen LogP contribution in [0, 0.1) is 0 Å². The van der Waals surface area contributed by atoms with E-state index in [1.54, 1.807) is 30.3 Å². The number of aliphatic imine (C=N–C) groups is 1. The molecular formula is C13H15F3N2O. The van der Waals surface area contributed by atoms with Crippen LogP contribution in [0.3, 0.4) is 0 Å². The normalized spacial score (nSPS) is 19.7. The van der Waals surface area contributed by atoms with Crippen molar-refractivity contribution in [3.05, 3.63) is 35.9 Å². The van der Waals surface area contributed by atoms with Crippen LogP contribution in [0.5, 0.6) is 0 Å². The van der Waals surface area contributed by atoms with E-state index in [4.69, 9.17) is 4.74 Å². The summed E-state index contributed by atoms with van der Waals surface area (Å²) >= 11 is 0. The van der Waals surface area contributed by atoms with Gasteiger partial charge in [0.25, 0.3) is 0 Å². The van der Waals surface area contributed by atoms with E-state index in [1.807, 2.05) is 0 Å². The van der Waals surface area contributed by atoms with E-state index in [0.29, 0.717) is 18.8 Å². The molecule has 1 saturated heterocycles. The summed E-state index contributed by atoms with van der Waals surface area (Å²) in [6.07, 6.45) is -4.90. The third-order valence-corrected chi connectivity index (χ3v) is 2.85. The topological polar surface area (TPSA) is 24.8 Å². The van der Waals surface area contributed by atoms with Crippen molar-refractivity contribution < 1.29 is 17.9 Å². The van der Waals surface area contributed by atoms with E-state index < -0.39 is 12.3 Å². The SMILES string of the molecule is FC(F)(F)[C@@H](N=Cc1ccccc1)N1CCOCC1. The average molecular weight is 272 g/mol. The second-order valence-electron chi connectivity index (χ2n) is 4.25. The van der Waals surface area contributed by atoms with Crippen LogP contribution in [-0.2, 0) is 4.74 Å². The highest BCUT2D eigenvalue weighted by Gasteiger charge is 2.43. The third kappa shape index (κ3) is 4.04. The van der Waals surface area contributed by atoms with Crippen LogP contribution in [-0.4, -0.2) is 49.8 Å². The van der Waals surface area contributed by atoms with Crippen molar-refractivity contribution in [1.82, 2.24) is 4.90 Å². The molecule has 0 aromatic heterocycles. The zero-order chi connectivity index (χ0) is 13.7. The van der Waals surface area contributed by atoms with E-state index in [0.717, 1.165) is 0 Å². The molecular weight excluding hydrogens is 257 g/mol. The standard InChI is InChI=1S/C13H15F3N2O/c14-13(15,16)12(18-6-8-19-9-7-18)17-10-11-4-2-1-3-5-11/h1-5,10,12H,6-9H2/t12-/m0/s1. The van der Waals surface area contributed by atoms with Gasteiger partial charge in [0, 0.05) is 19.3 Å². The number of alkyl halides is 3. The van der Waals surface area contributed by atoms with Gasteiger partial charge in [-0.2, -0.15) is 13.2 Å². The van der Waals surface area contributed by atoms with Crippen molar-refractivity contribution in [3.63, 3.8) is 0 Å². The summed E-state index contributed by atoms with van der Waals surface area (Å²) in [6.45, 7) is 1.12. The Labute approximate surface area is 109 Å². The van der Waals surface area contributed by atoms with Crippen molar-refractivity contribution in [2.45, 2.75) is 12.3 Å². The maximum Gasteiger partial charge on any atom is 0.424 e. The molecule has 2 rings (SSSR count). The van der Waals surface area contributed by atoms with Crippen molar-refractivity contribution in [2.75, 3.05) is 26.3 Å². The molecule has 19 heavy (non-hydrogen) atoms. The Hall–Kier alpha value is -1.40. The maximum atomic E-state index is 13.0. The fourth-order valence-corrected chi connectivity index (χ4v) is 1.90. The molecule has 0 bridgehead atoms. The first-order valence-electron chi connectivity index (χ1n) is 6.04. The van der Waals surface area contributed by atoms with Crippen LogP contribution in [0.4, 0.5) is 13.2 Å². The minimum absolute atomic E-state index is 0.246. The molecule has 0 radical (unpaired) electrons. The summed E-state index contributed by atoms with van der Waals surface area (Å²) in [5, 5.41) is 0. The highest BCUT2D eigenvalue weighted by Crippen LogP contribution is 2.26. The van der Waals surface area contributed by atoms with Crippen molar-refractivity contribution in [3.8, 4) is 0 Å². The molecule has 104 valence electrons. The van der Waals surface area contributed by atoms with Gasteiger partial charge < -0.3 is 4.74 Å². The van der Waals surface area contributed by atoms with Crippen LogP contribution < -0.4 is 0 Å². The van der Waals surface area contributed by atoms with E-state index in [9.17, 15) is 13.2 Å². The number of ether oxygens (including phenoxy) is 1. The Morgan fingerprint density at radius 2 is 1.79 bits per heavy atom.